The van der Waals surface area contributed by atoms with Crippen molar-refractivity contribution in [2.24, 2.45) is 5.92 Å². The summed E-state index contributed by atoms with van der Waals surface area (Å²) in [5.41, 5.74) is -0.205. The van der Waals surface area contributed by atoms with Gasteiger partial charge in [0.25, 0.3) is 0 Å². The molecule has 2 bridgehead atoms. The molecule has 4 heteroatoms. The highest BCUT2D eigenvalue weighted by molar-refractivity contribution is 6.74. The van der Waals surface area contributed by atoms with Crippen LogP contribution in [0.5, 0.6) is 0 Å². The van der Waals surface area contributed by atoms with Crippen molar-refractivity contribution < 1.29 is 13.9 Å². The molecule has 2 atom stereocenters. The summed E-state index contributed by atoms with van der Waals surface area (Å²) in [5, 5.41) is 0.215. The van der Waals surface area contributed by atoms with Gasteiger partial charge in [-0.05, 0) is 31.0 Å². The molecule has 3 aliphatic carbocycles. The van der Waals surface area contributed by atoms with Gasteiger partial charge in [-0.3, -0.25) is 0 Å². The maximum Gasteiger partial charge on any atom is 0.193 e. The summed E-state index contributed by atoms with van der Waals surface area (Å²) >= 11 is 0. The third kappa shape index (κ3) is 2.52. The molecule has 0 aliphatic heterocycles. The first-order chi connectivity index (χ1) is 9.10. The van der Waals surface area contributed by atoms with Gasteiger partial charge in [0.15, 0.2) is 14.1 Å². The second kappa shape index (κ2) is 4.94. The second-order valence-corrected chi connectivity index (χ2v) is 12.6. The van der Waals surface area contributed by atoms with Gasteiger partial charge in [-0.2, -0.15) is 0 Å². The molecule has 1 fully saturated rings. The molecule has 0 unspecified atom stereocenters. The number of hydrogen-bond acceptors (Lipinski definition) is 3. The largest absolute Gasteiger partial charge is 0.408 e. The molecule has 116 valence electrons. The van der Waals surface area contributed by atoms with Crippen LogP contribution < -0.4 is 0 Å². The second-order valence-electron chi connectivity index (χ2n) is 7.83. The Bertz CT molecular complexity index is 393. The van der Waals surface area contributed by atoms with Gasteiger partial charge in [0, 0.05) is 26.6 Å². The molecule has 0 amide bonds. The van der Waals surface area contributed by atoms with Crippen LogP contribution in [-0.2, 0) is 13.9 Å². The first-order valence-electron chi connectivity index (χ1n) is 7.60. The van der Waals surface area contributed by atoms with Crippen LogP contribution in [-0.4, -0.2) is 33.9 Å². The molecule has 0 saturated heterocycles. The highest BCUT2D eigenvalue weighted by Gasteiger charge is 2.56. The van der Waals surface area contributed by atoms with Crippen molar-refractivity contribution in [1.29, 1.82) is 0 Å². The predicted octanol–water partition coefficient (Wildman–Crippen LogP) is 4.11. The Kier molecular flexibility index (Phi) is 4.00. The lowest BCUT2D eigenvalue weighted by molar-refractivity contribution is -0.270. The average molecular weight is 298 g/mol. The van der Waals surface area contributed by atoms with Crippen molar-refractivity contribution in [3.8, 4) is 0 Å². The van der Waals surface area contributed by atoms with E-state index in [0.29, 0.717) is 5.92 Å². The summed E-state index contributed by atoms with van der Waals surface area (Å²) in [6.07, 6.45) is 7.48. The molecule has 3 aliphatic rings. The van der Waals surface area contributed by atoms with Crippen LogP contribution >= 0.6 is 0 Å². The van der Waals surface area contributed by atoms with Gasteiger partial charge < -0.3 is 13.9 Å². The Morgan fingerprint density at radius 2 is 1.75 bits per heavy atom. The normalized spacial score (nSPS) is 32.6. The van der Waals surface area contributed by atoms with Crippen molar-refractivity contribution in [2.75, 3.05) is 14.2 Å². The SMILES string of the molecule is COC1(OC)C[C@@]2(O[Si](C)(C)C(C)(C)C)C=C[C@@H]1CC2. The quantitative estimate of drug-likeness (QED) is 0.444. The zero-order chi connectivity index (χ0) is 15.2. The van der Waals surface area contributed by atoms with Gasteiger partial charge in [0.2, 0.25) is 0 Å². The summed E-state index contributed by atoms with van der Waals surface area (Å²) in [6, 6.07) is 0. The third-order valence-corrected chi connectivity index (χ3v) is 10.1. The van der Waals surface area contributed by atoms with Crippen LogP contribution in [0.25, 0.3) is 0 Å². The summed E-state index contributed by atoms with van der Waals surface area (Å²) in [4.78, 5) is 0. The molecule has 3 nitrogen and oxygen atoms in total. The maximum absolute atomic E-state index is 6.77. The summed E-state index contributed by atoms with van der Waals surface area (Å²) in [7, 11) is 1.68. The molecule has 0 aromatic carbocycles. The van der Waals surface area contributed by atoms with Gasteiger partial charge in [-0.25, -0.2) is 0 Å². The highest BCUT2D eigenvalue weighted by atomic mass is 28.4. The van der Waals surface area contributed by atoms with Crippen LogP contribution in [0.3, 0.4) is 0 Å². The lowest BCUT2D eigenvalue weighted by Crippen LogP contribution is -2.60. The molecule has 0 radical (unpaired) electrons. The fourth-order valence-electron chi connectivity index (χ4n) is 3.25. The minimum Gasteiger partial charge on any atom is -0.408 e. The summed E-state index contributed by atoms with van der Waals surface area (Å²) in [6.45, 7) is 11.5. The fraction of sp³-hybridized carbons (Fsp3) is 0.875. The molecule has 20 heavy (non-hydrogen) atoms. The minimum atomic E-state index is -1.81. The van der Waals surface area contributed by atoms with E-state index in [-0.39, 0.29) is 10.6 Å². The molecule has 0 spiro atoms. The number of ether oxygens (including phenoxy) is 2. The summed E-state index contributed by atoms with van der Waals surface area (Å²) in [5.74, 6) is -0.155. The highest BCUT2D eigenvalue weighted by Crippen LogP contribution is 2.52. The molecule has 0 heterocycles. The Balaban J connectivity index is 2.28. The average Bonchev–Trinajstić information content (AvgIpc) is 2.37. The van der Waals surface area contributed by atoms with Gasteiger partial charge >= 0.3 is 0 Å². The van der Waals surface area contributed by atoms with E-state index in [9.17, 15) is 0 Å². The Hall–Kier alpha value is -0.163. The standard InChI is InChI=1S/C16H30O3Si/c1-14(2,3)20(6,7)19-15-10-8-13(9-11-15)16(12-15,17-4)18-5/h8,10,13H,9,11-12H2,1-7H3/t13-,15-/m1/s1. The zero-order valence-electron chi connectivity index (χ0n) is 14.1. The molecule has 3 rings (SSSR count). The van der Waals surface area contributed by atoms with Gasteiger partial charge in [-0.1, -0.05) is 32.9 Å². The van der Waals surface area contributed by atoms with Crippen LogP contribution in [0.2, 0.25) is 18.1 Å². The lowest BCUT2D eigenvalue weighted by Gasteiger charge is -2.55. The van der Waals surface area contributed by atoms with Crippen molar-refractivity contribution in [2.45, 2.75) is 69.6 Å². The molecule has 0 aromatic heterocycles. The fourth-order valence-corrected chi connectivity index (χ4v) is 4.81. The Morgan fingerprint density at radius 1 is 1.15 bits per heavy atom. The van der Waals surface area contributed by atoms with Gasteiger partial charge in [0.05, 0.1) is 5.60 Å². The van der Waals surface area contributed by atoms with E-state index < -0.39 is 14.1 Å². The van der Waals surface area contributed by atoms with E-state index in [1.54, 1.807) is 14.2 Å². The lowest BCUT2D eigenvalue weighted by atomic mass is 9.69. The van der Waals surface area contributed by atoms with E-state index in [2.05, 4.69) is 46.0 Å². The first-order valence-corrected chi connectivity index (χ1v) is 10.5. The molecule has 0 N–H and O–H groups in total. The van der Waals surface area contributed by atoms with Crippen LogP contribution in [0.4, 0.5) is 0 Å². The van der Waals surface area contributed by atoms with Crippen LogP contribution in [0, 0.1) is 5.92 Å². The van der Waals surface area contributed by atoms with Crippen molar-refractivity contribution in [1.82, 2.24) is 0 Å². The van der Waals surface area contributed by atoms with Crippen molar-refractivity contribution >= 4 is 8.32 Å². The summed E-state index contributed by atoms with van der Waals surface area (Å²) < 4.78 is 18.3. The maximum atomic E-state index is 6.77. The number of rotatable bonds is 4. The van der Waals surface area contributed by atoms with E-state index >= 15 is 0 Å². The van der Waals surface area contributed by atoms with Crippen molar-refractivity contribution in [3.63, 3.8) is 0 Å². The molecule has 0 aromatic rings. The van der Waals surface area contributed by atoms with E-state index in [4.69, 9.17) is 13.9 Å². The Morgan fingerprint density at radius 3 is 2.15 bits per heavy atom. The number of methoxy groups -OCH3 is 2. The van der Waals surface area contributed by atoms with E-state index in [1.807, 2.05) is 0 Å². The minimum absolute atomic E-state index is 0.205. The van der Waals surface area contributed by atoms with Crippen LogP contribution in [0.15, 0.2) is 12.2 Å². The van der Waals surface area contributed by atoms with Crippen molar-refractivity contribution in [3.05, 3.63) is 12.2 Å². The van der Waals surface area contributed by atoms with E-state index in [0.717, 1.165) is 19.3 Å². The molecule has 1 saturated carbocycles. The van der Waals surface area contributed by atoms with Gasteiger partial charge in [-0.15, -0.1) is 0 Å². The Labute approximate surface area is 124 Å². The number of hydrogen-bond donors (Lipinski definition) is 0. The first kappa shape index (κ1) is 16.2. The number of fused-ring (bicyclic) bond motifs is 2. The van der Waals surface area contributed by atoms with E-state index in [1.165, 1.54) is 0 Å². The topological polar surface area (TPSA) is 27.7 Å². The van der Waals surface area contributed by atoms with Crippen LogP contribution in [0.1, 0.15) is 40.0 Å². The molecular weight excluding hydrogens is 268 g/mol. The molecular formula is C16H30O3Si. The monoisotopic (exact) mass is 298 g/mol. The third-order valence-electron chi connectivity index (χ3n) is 5.58. The zero-order valence-corrected chi connectivity index (χ0v) is 15.1. The predicted molar refractivity (Wildman–Crippen MR) is 84.2 cm³/mol. The smallest absolute Gasteiger partial charge is 0.193 e. The van der Waals surface area contributed by atoms with Gasteiger partial charge in [0.1, 0.15) is 0 Å².